The van der Waals surface area contributed by atoms with Crippen LogP contribution in [0.2, 0.25) is 0 Å². The van der Waals surface area contributed by atoms with E-state index in [1.807, 2.05) is 0 Å². The molecule has 0 saturated heterocycles. The van der Waals surface area contributed by atoms with Crippen molar-refractivity contribution in [3.8, 4) is 5.75 Å². The molecule has 1 aliphatic rings. The third-order valence-electron chi connectivity index (χ3n) is 4.44. The summed E-state index contributed by atoms with van der Waals surface area (Å²) < 4.78 is 47.1. The third kappa shape index (κ3) is 4.43. The van der Waals surface area contributed by atoms with Crippen molar-refractivity contribution >= 4 is 23.2 Å². The number of nitrogens with zero attached hydrogens (tertiary/aromatic N) is 2. The number of thiocarbonyl (C=S) groups is 1. The highest BCUT2D eigenvalue weighted by molar-refractivity contribution is 7.80. The predicted octanol–water partition coefficient (Wildman–Crippen LogP) is 3.72. The van der Waals surface area contributed by atoms with Crippen LogP contribution in [0.5, 0.6) is 5.75 Å². The summed E-state index contributed by atoms with van der Waals surface area (Å²) in [5.41, 5.74) is 2.84. The van der Waals surface area contributed by atoms with Gasteiger partial charge >= 0.3 is 6.03 Å². The van der Waals surface area contributed by atoms with Gasteiger partial charge < -0.3 is 4.74 Å². The highest BCUT2D eigenvalue weighted by atomic mass is 32.1. The lowest BCUT2D eigenvalue weighted by molar-refractivity contribution is -0.0829. The van der Waals surface area contributed by atoms with Crippen LogP contribution in [-0.2, 0) is 4.84 Å². The van der Waals surface area contributed by atoms with Crippen molar-refractivity contribution in [2.45, 2.75) is 12.5 Å². The van der Waals surface area contributed by atoms with Gasteiger partial charge in [-0.1, -0.05) is 12.2 Å². The summed E-state index contributed by atoms with van der Waals surface area (Å²) in [6.07, 6.45) is 0.307. The number of fused-ring (bicyclic) bond motifs is 1. The summed E-state index contributed by atoms with van der Waals surface area (Å²) in [5, 5.41) is 2.02. The van der Waals surface area contributed by atoms with Crippen LogP contribution in [-0.4, -0.2) is 41.9 Å². The third-order valence-corrected chi connectivity index (χ3v) is 4.75. The molecule has 1 heterocycles. The SMILES string of the molecule is CON(C)C(=O)N(NC(=S)c1cc(F)ccc1F)C1CCOc2ccc(F)cc21. The Hall–Kier alpha value is -2.85. The van der Waals surface area contributed by atoms with E-state index >= 15 is 0 Å². The molecule has 3 rings (SSSR count). The van der Waals surface area contributed by atoms with Crippen LogP contribution >= 0.6 is 12.2 Å². The minimum Gasteiger partial charge on any atom is -0.493 e. The van der Waals surface area contributed by atoms with Crippen molar-refractivity contribution in [2.75, 3.05) is 20.8 Å². The smallest absolute Gasteiger partial charge is 0.362 e. The Morgan fingerprint density at radius 2 is 1.90 bits per heavy atom. The van der Waals surface area contributed by atoms with Crippen LogP contribution in [0.15, 0.2) is 36.4 Å². The number of hydrazine groups is 1. The number of amides is 2. The monoisotopic (exact) mass is 425 g/mol. The molecule has 29 heavy (non-hydrogen) atoms. The van der Waals surface area contributed by atoms with E-state index in [9.17, 15) is 18.0 Å². The summed E-state index contributed by atoms with van der Waals surface area (Å²) in [7, 11) is 2.66. The lowest BCUT2D eigenvalue weighted by Gasteiger charge is -2.37. The van der Waals surface area contributed by atoms with Crippen molar-refractivity contribution in [1.82, 2.24) is 15.5 Å². The lowest BCUT2D eigenvalue weighted by atomic mass is 10.00. The lowest BCUT2D eigenvalue weighted by Crippen LogP contribution is -2.53. The Morgan fingerprint density at radius 3 is 2.62 bits per heavy atom. The number of nitrogens with one attached hydrogen (secondary N) is 1. The van der Waals surface area contributed by atoms with Gasteiger partial charge in [0.15, 0.2) is 0 Å². The fourth-order valence-electron chi connectivity index (χ4n) is 2.95. The van der Waals surface area contributed by atoms with Gasteiger partial charge in [-0.25, -0.2) is 28.0 Å². The summed E-state index contributed by atoms with van der Waals surface area (Å²) in [6.45, 7) is 0.256. The number of ether oxygens (including phenoxy) is 1. The Morgan fingerprint density at radius 1 is 1.21 bits per heavy atom. The van der Waals surface area contributed by atoms with E-state index in [-0.39, 0.29) is 17.2 Å². The molecule has 154 valence electrons. The molecule has 0 aliphatic carbocycles. The van der Waals surface area contributed by atoms with Crippen LogP contribution in [0, 0.1) is 17.5 Å². The number of halogens is 3. The zero-order valence-electron chi connectivity index (χ0n) is 15.6. The van der Waals surface area contributed by atoms with Gasteiger partial charge in [0.05, 0.1) is 19.8 Å². The molecule has 2 aromatic rings. The standard InChI is InChI=1S/C19H18F3N3O3S/c1-24(27-2)19(26)25(23-18(29)13-9-11(20)3-5-15(13)22)16-7-8-28-17-6-4-12(21)10-14(16)17/h3-6,9-10,16H,7-8H2,1-2H3,(H,23,29). The molecule has 0 radical (unpaired) electrons. The van der Waals surface area contributed by atoms with Gasteiger partial charge in [-0.3, -0.25) is 10.3 Å². The Balaban J connectivity index is 1.98. The largest absolute Gasteiger partial charge is 0.493 e. The number of hydroxylamine groups is 2. The van der Waals surface area contributed by atoms with Gasteiger partial charge in [-0.2, -0.15) is 0 Å². The Kier molecular flexibility index (Phi) is 6.23. The van der Waals surface area contributed by atoms with Crippen LogP contribution in [0.4, 0.5) is 18.0 Å². The van der Waals surface area contributed by atoms with E-state index in [2.05, 4.69) is 5.43 Å². The summed E-state index contributed by atoms with van der Waals surface area (Å²) in [6, 6.07) is 5.40. The maximum atomic E-state index is 14.1. The summed E-state index contributed by atoms with van der Waals surface area (Å²) >= 11 is 5.20. The average molecular weight is 425 g/mol. The fraction of sp³-hybridized carbons (Fsp3) is 0.263. The molecular weight excluding hydrogens is 407 g/mol. The zero-order chi connectivity index (χ0) is 21.1. The number of hydrogen-bond donors (Lipinski definition) is 1. The minimum absolute atomic E-state index is 0.218. The van der Waals surface area contributed by atoms with E-state index in [1.54, 1.807) is 0 Å². The molecule has 0 spiro atoms. The van der Waals surface area contributed by atoms with Gasteiger partial charge in [-0.05, 0) is 36.4 Å². The number of carbonyl (C=O) groups is 1. The highest BCUT2D eigenvalue weighted by Gasteiger charge is 2.34. The predicted molar refractivity (Wildman–Crippen MR) is 102 cm³/mol. The molecule has 1 aliphatic heterocycles. The highest BCUT2D eigenvalue weighted by Crippen LogP contribution is 2.36. The molecule has 6 nitrogen and oxygen atoms in total. The first-order valence-corrected chi connectivity index (χ1v) is 9.02. The number of benzene rings is 2. The van der Waals surface area contributed by atoms with E-state index < -0.39 is 29.5 Å². The second-order valence-corrected chi connectivity index (χ2v) is 6.64. The minimum atomic E-state index is -0.755. The Labute approximate surface area is 170 Å². The van der Waals surface area contributed by atoms with Gasteiger partial charge in [0.25, 0.3) is 0 Å². The molecule has 0 fully saturated rings. The molecule has 0 bridgehead atoms. The van der Waals surface area contributed by atoms with Gasteiger partial charge in [0, 0.05) is 24.6 Å². The first-order chi connectivity index (χ1) is 13.8. The van der Waals surface area contributed by atoms with Crippen LogP contribution in [0.3, 0.4) is 0 Å². The van der Waals surface area contributed by atoms with E-state index in [1.165, 1.54) is 32.4 Å². The normalized spacial score (nSPS) is 15.1. The molecule has 1 unspecified atom stereocenters. The van der Waals surface area contributed by atoms with Crippen molar-refractivity contribution in [2.24, 2.45) is 0 Å². The number of carbonyl (C=O) groups excluding carboxylic acids is 1. The molecule has 0 saturated carbocycles. The zero-order valence-corrected chi connectivity index (χ0v) is 16.4. The topological polar surface area (TPSA) is 54.0 Å². The molecule has 1 N–H and O–H groups in total. The quantitative estimate of drug-likeness (QED) is 0.600. The van der Waals surface area contributed by atoms with E-state index in [4.69, 9.17) is 21.8 Å². The molecule has 1 atom stereocenters. The van der Waals surface area contributed by atoms with Crippen molar-refractivity contribution in [3.05, 3.63) is 65.0 Å². The average Bonchev–Trinajstić information content (AvgIpc) is 2.72. The number of rotatable bonds is 3. The summed E-state index contributed by atoms with van der Waals surface area (Å²) in [4.78, 5) is 17.6. The second-order valence-electron chi connectivity index (χ2n) is 6.23. The van der Waals surface area contributed by atoms with Crippen LogP contribution in [0.25, 0.3) is 0 Å². The van der Waals surface area contributed by atoms with Crippen LogP contribution in [0.1, 0.15) is 23.6 Å². The molecule has 10 heteroatoms. The maximum absolute atomic E-state index is 14.1. The first kappa shape index (κ1) is 20.9. The Bertz CT molecular complexity index is 944. The van der Waals surface area contributed by atoms with Crippen molar-refractivity contribution in [3.63, 3.8) is 0 Å². The van der Waals surface area contributed by atoms with Crippen molar-refractivity contribution in [1.29, 1.82) is 0 Å². The maximum Gasteiger partial charge on any atom is 0.362 e. The van der Waals surface area contributed by atoms with Crippen LogP contribution < -0.4 is 10.2 Å². The van der Waals surface area contributed by atoms with Gasteiger partial charge in [0.2, 0.25) is 0 Å². The number of urea groups is 1. The summed E-state index contributed by atoms with van der Waals surface area (Å²) in [5.74, 6) is -1.54. The number of hydrogen-bond acceptors (Lipinski definition) is 4. The fourth-order valence-corrected chi connectivity index (χ4v) is 3.20. The van der Waals surface area contributed by atoms with E-state index in [0.29, 0.717) is 17.7 Å². The molecule has 2 aromatic carbocycles. The van der Waals surface area contributed by atoms with Crippen molar-refractivity contribution < 1.29 is 27.5 Å². The molecule has 2 amide bonds. The first-order valence-electron chi connectivity index (χ1n) is 8.61. The second kappa shape index (κ2) is 8.66. The molecule has 0 aromatic heterocycles. The van der Waals surface area contributed by atoms with Gasteiger partial charge in [0.1, 0.15) is 28.2 Å². The molecular formula is C19H18F3N3O3S. The van der Waals surface area contributed by atoms with Gasteiger partial charge in [-0.15, -0.1) is 0 Å². The van der Waals surface area contributed by atoms with E-state index in [0.717, 1.165) is 28.3 Å².